The van der Waals surface area contributed by atoms with Gasteiger partial charge in [0.2, 0.25) is 10.0 Å². The van der Waals surface area contributed by atoms with E-state index in [2.05, 4.69) is 5.32 Å². The highest BCUT2D eigenvalue weighted by Gasteiger charge is 2.18. The average molecular weight is 298 g/mol. The first-order valence-electron chi connectivity index (χ1n) is 6.61. The summed E-state index contributed by atoms with van der Waals surface area (Å²) in [5.74, 6) is -0.267. The summed E-state index contributed by atoms with van der Waals surface area (Å²) in [6.45, 7) is 7.52. The van der Waals surface area contributed by atoms with Crippen molar-refractivity contribution in [3.05, 3.63) is 28.8 Å². The van der Waals surface area contributed by atoms with Crippen LogP contribution in [0.25, 0.3) is 0 Å². The van der Waals surface area contributed by atoms with Crippen molar-refractivity contribution >= 4 is 15.9 Å². The van der Waals surface area contributed by atoms with E-state index in [1.165, 1.54) is 12.1 Å². The Hall–Kier alpha value is -1.40. The highest BCUT2D eigenvalue weighted by Crippen LogP contribution is 2.19. The van der Waals surface area contributed by atoms with E-state index in [0.29, 0.717) is 5.56 Å². The van der Waals surface area contributed by atoms with Gasteiger partial charge in [0.15, 0.2) is 0 Å². The van der Waals surface area contributed by atoms with Crippen molar-refractivity contribution in [2.24, 2.45) is 5.14 Å². The summed E-state index contributed by atoms with van der Waals surface area (Å²) in [5.41, 5.74) is 1.85. The van der Waals surface area contributed by atoms with Crippen LogP contribution in [-0.2, 0) is 10.0 Å². The number of nitrogens with one attached hydrogen (secondary N) is 1. The maximum absolute atomic E-state index is 12.2. The van der Waals surface area contributed by atoms with E-state index in [-0.39, 0.29) is 16.8 Å². The molecule has 0 aromatic heterocycles. The minimum absolute atomic E-state index is 0.0334. The lowest BCUT2D eigenvalue weighted by Crippen LogP contribution is -2.33. The van der Waals surface area contributed by atoms with E-state index in [1.807, 2.05) is 13.8 Å². The predicted octanol–water partition coefficient (Wildman–Crippen LogP) is 1.87. The molecular formula is C14H22N2O3S. The molecule has 0 aliphatic carbocycles. The topological polar surface area (TPSA) is 89.3 Å². The number of nitrogens with two attached hydrogens (primary N) is 1. The summed E-state index contributed by atoms with van der Waals surface area (Å²) in [7, 11) is -3.82. The van der Waals surface area contributed by atoms with E-state index in [1.54, 1.807) is 13.8 Å². The lowest BCUT2D eigenvalue weighted by atomic mass is 10.0. The molecule has 20 heavy (non-hydrogen) atoms. The Balaban J connectivity index is 3.17. The third-order valence-electron chi connectivity index (χ3n) is 3.31. The quantitative estimate of drug-likeness (QED) is 0.869. The molecule has 0 saturated heterocycles. The summed E-state index contributed by atoms with van der Waals surface area (Å²) >= 11 is 0. The van der Waals surface area contributed by atoms with Crippen LogP contribution >= 0.6 is 0 Å². The van der Waals surface area contributed by atoms with Gasteiger partial charge in [0.1, 0.15) is 0 Å². The maximum Gasteiger partial charge on any atom is 0.251 e. The first kappa shape index (κ1) is 16.7. The Morgan fingerprint density at radius 2 is 1.95 bits per heavy atom. The van der Waals surface area contributed by atoms with Crippen molar-refractivity contribution < 1.29 is 13.2 Å². The standard InChI is InChI=1S/C14H22N2O3S/c1-5-6-10(3)16-14(17)13-8-12(20(15,18)19)7-9(2)11(13)4/h7-8,10H,5-6H2,1-4H3,(H,16,17)(H2,15,18,19). The number of hydrogen-bond donors (Lipinski definition) is 2. The molecule has 1 amide bonds. The van der Waals surface area contributed by atoms with Gasteiger partial charge in [-0.3, -0.25) is 4.79 Å². The summed E-state index contributed by atoms with van der Waals surface area (Å²) < 4.78 is 22.9. The molecule has 0 saturated carbocycles. The van der Waals surface area contributed by atoms with E-state index in [4.69, 9.17) is 5.14 Å². The molecule has 0 aliphatic heterocycles. The molecule has 0 radical (unpaired) electrons. The molecule has 0 bridgehead atoms. The van der Waals surface area contributed by atoms with Crippen molar-refractivity contribution in [3.8, 4) is 0 Å². The molecular weight excluding hydrogens is 276 g/mol. The monoisotopic (exact) mass is 298 g/mol. The molecule has 3 N–H and O–H groups in total. The van der Waals surface area contributed by atoms with Crippen LogP contribution in [0.1, 0.15) is 48.2 Å². The van der Waals surface area contributed by atoms with Crippen LogP contribution in [0.5, 0.6) is 0 Å². The van der Waals surface area contributed by atoms with E-state index in [0.717, 1.165) is 24.0 Å². The van der Waals surface area contributed by atoms with Gasteiger partial charge in [-0.05, 0) is 50.5 Å². The van der Waals surface area contributed by atoms with Gasteiger partial charge in [-0.15, -0.1) is 0 Å². The van der Waals surface area contributed by atoms with Crippen LogP contribution in [0.15, 0.2) is 17.0 Å². The highest BCUT2D eigenvalue weighted by atomic mass is 32.2. The van der Waals surface area contributed by atoms with Crippen LogP contribution in [-0.4, -0.2) is 20.4 Å². The zero-order chi connectivity index (χ0) is 15.5. The van der Waals surface area contributed by atoms with Crippen molar-refractivity contribution in [1.82, 2.24) is 5.32 Å². The molecule has 1 unspecified atom stereocenters. The van der Waals surface area contributed by atoms with E-state index in [9.17, 15) is 13.2 Å². The van der Waals surface area contributed by atoms with Crippen molar-refractivity contribution in [3.63, 3.8) is 0 Å². The van der Waals surface area contributed by atoms with Crippen LogP contribution in [0.4, 0.5) is 0 Å². The number of carbonyl (C=O) groups is 1. The van der Waals surface area contributed by atoms with Crippen molar-refractivity contribution in [2.75, 3.05) is 0 Å². The Kier molecular flexibility index (Phi) is 5.30. The second-order valence-electron chi connectivity index (χ2n) is 5.12. The van der Waals surface area contributed by atoms with Gasteiger partial charge in [0, 0.05) is 11.6 Å². The Bertz CT molecular complexity index is 609. The third kappa shape index (κ3) is 4.05. The van der Waals surface area contributed by atoms with Gasteiger partial charge in [0.05, 0.1) is 4.90 Å². The number of sulfonamides is 1. The molecule has 0 aliphatic rings. The summed E-state index contributed by atoms with van der Waals surface area (Å²) in [6.07, 6.45) is 1.84. The van der Waals surface area contributed by atoms with Crippen molar-refractivity contribution in [2.45, 2.75) is 51.5 Å². The van der Waals surface area contributed by atoms with Gasteiger partial charge in [-0.2, -0.15) is 0 Å². The molecule has 1 atom stereocenters. The lowest BCUT2D eigenvalue weighted by molar-refractivity contribution is 0.0937. The molecule has 0 fully saturated rings. The molecule has 1 aromatic rings. The number of rotatable bonds is 5. The Labute approximate surface area is 120 Å². The zero-order valence-corrected chi connectivity index (χ0v) is 13.2. The Morgan fingerprint density at radius 3 is 2.45 bits per heavy atom. The van der Waals surface area contributed by atoms with Gasteiger partial charge in [0.25, 0.3) is 5.91 Å². The fraction of sp³-hybridized carbons (Fsp3) is 0.500. The molecule has 1 rings (SSSR count). The number of primary sulfonamides is 1. The summed E-state index contributed by atoms with van der Waals surface area (Å²) in [4.78, 5) is 12.2. The molecule has 0 heterocycles. The van der Waals surface area contributed by atoms with Crippen molar-refractivity contribution in [1.29, 1.82) is 0 Å². The number of benzene rings is 1. The minimum atomic E-state index is -3.82. The second kappa shape index (κ2) is 6.37. The first-order valence-corrected chi connectivity index (χ1v) is 8.16. The molecule has 1 aromatic carbocycles. The van der Waals surface area contributed by atoms with Gasteiger partial charge >= 0.3 is 0 Å². The lowest BCUT2D eigenvalue weighted by Gasteiger charge is -2.15. The van der Waals surface area contributed by atoms with Gasteiger partial charge in [-0.1, -0.05) is 13.3 Å². The van der Waals surface area contributed by atoms with Gasteiger partial charge < -0.3 is 5.32 Å². The Morgan fingerprint density at radius 1 is 1.35 bits per heavy atom. The summed E-state index contributed by atoms with van der Waals surface area (Å²) in [6, 6.07) is 2.87. The average Bonchev–Trinajstić information content (AvgIpc) is 2.31. The fourth-order valence-corrected chi connectivity index (χ4v) is 2.66. The number of hydrogen-bond acceptors (Lipinski definition) is 3. The maximum atomic E-state index is 12.2. The molecule has 6 heteroatoms. The van der Waals surface area contributed by atoms with Crippen LogP contribution < -0.4 is 10.5 Å². The molecule has 112 valence electrons. The van der Waals surface area contributed by atoms with Crippen LogP contribution in [0.2, 0.25) is 0 Å². The fourth-order valence-electron chi connectivity index (χ4n) is 2.03. The van der Waals surface area contributed by atoms with E-state index < -0.39 is 10.0 Å². The van der Waals surface area contributed by atoms with Gasteiger partial charge in [-0.25, -0.2) is 13.6 Å². The first-order chi connectivity index (χ1) is 9.16. The predicted molar refractivity (Wildman–Crippen MR) is 79.1 cm³/mol. The molecule has 5 nitrogen and oxygen atoms in total. The normalized spacial score (nSPS) is 13.1. The number of aryl methyl sites for hydroxylation is 1. The highest BCUT2D eigenvalue weighted by molar-refractivity contribution is 7.89. The molecule has 0 spiro atoms. The number of amides is 1. The zero-order valence-electron chi connectivity index (χ0n) is 12.4. The number of carbonyl (C=O) groups excluding carboxylic acids is 1. The summed E-state index contributed by atoms with van der Waals surface area (Å²) in [5, 5.41) is 8.00. The third-order valence-corrected chi connectivity index (χ3v) is 4.21. The van der Waals surface area contributed by atoms with E-state index >= 15 is 0 Å². The van der Waals surface area contributed by atoms with Crippen LogP contribution in [0.3, 0.4) is 0 Å². The largest absolute Gasteiger partial charge is 0.350 e. The van der Waals surface area contributed by atoms with Crippen LogP contribution in [0, 0.1) is 13.8 Å². The minimum Gasteiger partial charge on any atom is -0.350 e. The SMILES string of the molecule is CCCC(C)NC(=O)c1cc(S(N)(=O)=O)cc(C)c1C. The smallest absolute Gasteiger partial charge is 0.251 e. The second-order valence-corrected chi connectivity index (χ2v) is 6.68.